The Morgan fingerprint density at radius 3 is 2.39 bits per heavy atom. The Labute approximate surface area is 158 Å². The van der Waals surface area contributed by atoms with Crippen LogP contribution in [0.25, 0.3) is 0 Å². The molecule has 0 saturated heterocycles. The Bertz CT molecular complexity index is 331. The minimum Gasteiger partial charge on any atom is -0.357 e. The van der Waals surface area contributed by atoms with Crippen molar-refractivity contribution in [2.45, 2.75) is 65.2 Å². The summed E-state index contributed by atoms with van der Waals surface area (Å²) in [4.78, 5) is 16.4. The molecule has 1 aliphatic rings. The lowest BCUT2D eigenvalue weighted by atomic mass is 10.0. The van der Waals surface area contributed by atoms with Crippen LogP contribution in [-0.4, -0.2) is 38.0 Å². The van der Waals surface area contributed by atoms with Gasteiger partial charge in [0.05, 0.1) is 0 Å². The average molecular weight is 438 g/mol. The van der Waals surface area contributed by atoms with E-state index in [1.807, 2.05) is 0 Å². The van der Waals surface area contributed by atoms with E-state index < -0.39 is 0 Å². The first-order valence-corrected chi connectivity index (χ1v) is 9.05. The smallest absolute Gasteiger partial charge is 0.220 e. The topological polar surface area (TPSA) is 65.5 Å². The van der Waals surface area contributed by atoms with E-state index in [1.54, 1.807) is 0 Å². The molecule has 5 nitrogen and oxygen atoms in total. The van der Waals surface area contributed by atoms with E-state index in [4.69, 9.17) is 0 Å². The summed E-state index contributed by atoms with van der Waals surface area (Å²) in [5.41, 5.74) is 0. The predicted octanol–water partition coefficient (Wildman–Crippen LogP) is 3.05. The fourth-order valence-electron chi connectivity index (χ4n) is 2.83. The number of hydrogen-bond acceptors (Lipinski definition) is 2. The molecule has 0 aliphatic heterocycles. The molecule has 23 heavy (non-hydrogen) atoms. The third kappa shape index (κ3) is 11.6. The highest BCUT2D eigenvalue weighted by Crippen LogP contribution is 2.27. The quantitative estimate of drug-likeness (QED) is 0.213. The van der Waals surface area contributed by atoms with Crippen LogP contribution in [0.1, 0.15) is 65.2 Å². The number of halogens is 1. The van der Waals surface area contributed by atoms with E-state index in [0.717, 1.165) is 32.0 Å². The van der Waals surface area contributed by atoms with Crippen LogP contribution in [0, 0.1) is 5.92 Å². The molecule has 0 atom stereocenters. The molecule has 0 unspecified atom stereocenters. The maximum atomic E-state index is 11.8. The van der Waals surface area contributed by atoms with Crippen molar-refractivity contribution >= 4 is 35.8 Å². The predicted molar refractivity (Wildman–Crippen MR) is 109 cm³/mol. The van der Waals surface area contributed by atoms with Crippen LogP contribution in [0.2, 0.25) is 0 Å². The molecule has 0 aromatic rings. The minimum atomic E-state index is 0. The van der Waals surface area contributed by atoms with Crippen LogP contribution in [0.3, 0.4) is 0 Å². The number of amides is 1. The highest BCUT2D eigenvalue weighted by molar-refractivity contribution is 14.0. The van der Waals surface area contributed by atoms with E-state index in [9.17, 15) is 4.79 Å². The maximum Gasteiger partial charge on any atom is 0.220 e. The maximum absolute atomic E-state index is 11.8. The number of unbranched alkanes of at least 4 members (excludes halogenated alkanes) is 2. The van der Waals surface area contributed by atoms with Crippen LogP contribution in [-0.2, 0) is 4.79 Å². The molecule has 1 rings (SSSR count). The van der Waals surface area contributed by atoms with Crippen molar-refractivity contribution < 1.29 is 4.79 Å². The summed E-state index contributed by atoms with van der Waals surface area (Å²) in [6.07, 6.45) is 9.30. The second kappa shape index (κ2) is 15.0. The molecule has 0 bridgehead atoms. The molecule has 0 radical (unpaired) electrons. The van der Waals surface area contributed by atoms with Crippen LogP contribution in [0.4, 0.5) is 0 Å². The van der Waals surface area contributed by atoms with Gasteiger partial charge >= 0.3 is 0 Å². The summed E-state index contributed by atoms with van der Waals surface area (Å²) in [6, 6.07) is 0. The normalized spacial score (nSPS) is 15.1. The molecule has 1 amide bonds. The summed E-state index contributed by atoms with van der Waals surface area (Å²) in [5, 5.41) is 9.50. The third-order valence-electron chi connectivity index (χ3n) is 4.06. The summed E-state index contributed by atoms with van der Waals surface area (Å²) >= 11 is 0. The lowest BCUT2D eigenvalue weighted by Crippen LogP contribution is -2.41. The zero-order valence-corrected chi connectivity index (χ0v) is 17.2. The van der Waals surface area contributed by atoms with Gasteiger partial charge in [-0.25, -0.2) is 0 Å². The van der Waals surface area contributed by atoms with Crippen LogP contribution >= 0.6 is 24.0 Å². The summed E-state index contributed by atoms with van der Waals surface area (Å²) in [7, 11) is 0. The molecule has 0 aromatic carbocycles. The molecule has 1 fully saturated rings. The fourth-order valence-corrected chi connectivity index (χ4v) is 2.83. The minimum absolute atomic E-state index is 0. The van der Waals surface area contributed by atoms with Crippen molar-refractivity contribution in [2.24, 2.45) is 10.9 Å². The highest BCUT2D eigenvalue weighted by Gasteiger charge is 2.17. The van der Waals surface area contributed by atoms with Gasteiger partial charge in [-0.05, 0) is 32.1 Å². The largest absolute Gasteiger partial charge is 0.357 e. The lowest BCUT2D eigenvalue weighted by molar-refractivity contribution is -0.121. The molecule has 0 spiro atoms. The summed E-state index contributed by atoms with van der Waals surface area (Å²) < 4.78 is 0. The van der Waals surface area contributed by atoms with Crippen molar-refractivity contribution in [3.8, 4) is 0 Å². The van der Waals surface area contributed by atoms with E-state index in [-0.39, 0.29) is 29.9 Å². The van der Waals surface area contributed by atoms with Crippen molar-refractivity contribution in [2.75, 3.05) is 26.2 Å². The Balaban J connectivity index is 0.00000484. The zero-order chi connectivity index (χ0) is 16.0. The number of carbonyl (C=O) groups excluding carboxylic acids is 1. The highest BCUT2D eigenvalue weighted by atomic mass is 127. The summed E-state index contributed by atoms with van der Waals surface area (Å²) in [6.45, 7) is 7.35. The molecular weight excluding hydrogens is 403 g/mol. The van der Waals surface area contributed by atoms with Gasteiger partial charge in [-0.15, -0.1) is 24.0 Å². The molecule has 1 saturated carbocycles. The Hall–Kier alpha value is -0.530. The number of aliphatic imine (C=N–C) groups is 1. The van der Waals surface area contributed by atoms with Gasteiger partial charge in [-0.3, -0.25) is 9.79 Å². The van der Waals surface area contributed by atoms with Gasteiger partial charge in [0.25, 0.3) is 0 Å². The number of nitrogens with one attached hydrogen (secondary N) is 3. The van der Waals surface area contributed by atoms with E-state index in [0.29, 0.717) is 18.9 Å². The van der Waals surface area contributed by atoms with Gasteiger partial charge in [0, 0.05) is 32.6 Å². The molecule has 6 heteroatoms. The van der Waals surface area contributed by atoms with Gasteiger partial charge in [0.15, 0.2) is 5.96 Å². The number of hydrogen-bond donors (Lipinski definition) is 3. The van der Waals surface area contributed by atoms with Gasteiger partial charge in [-0.1, -0.05) is 32.6 Å². The SMILES string of the molecule is CCCCCN=C(NCC)NCCNC(=O)CC1CCCC1.I. The second-order valence-electron chi connectivity index (χ2n) is 6.10. The molecule has 3 N–H and O–H groups in total. The second-order valence-corrected chi connectivity index (χ2v) is 6.10. The van der Waals surface area contributed by atoms with Crippen molar-refractivity contribution in [3.63, 3.8) is 0 Å². The first-order valence-electron chi connectivity index (χ1n) is 9.05. The summed E-state index contributed by atoms with van der Waals surface area (Å²) in [5.74, 6) is 1.66. The molecule has 0 aromatic heterocycles. The van der Waals surface area contributed by atoms with E-state index in [1.165, 1.54) is 38.5 Å². The van der Waals surface area contributed by atoms with E-state index in [2.05, 4.69) is 34.8 Å². The van der Waals surface area contributed by atoms with Crippen molar-refractivity contribution in [1.82, 2.24) is 16.0 Å². The van der Waals surface area contributed by atoms with Crippen LogP contribution in [0.5, 0.6) is 0 Å². The zero-order valence-electron chi connectivity index (χ0n) is 14.8. The number of carbonyl (C=O) groups is 1. The Kier molecular flexibility index (Phi) is 14.7. The number of rotatable bonds is 10. The first kappa shape index (κ1) is 22.5. The van der Waals surface area contributed by atoms with Crippen LogP contribution < -0.4 is 16.0 Å². The monoisotopic (exact) mass is 438 g/mol. The Morgan fingerprint density at radius 1 is 1.04 bits per heavy atom. The van der Waals surface area contributed by atoms with Gasteiger partial charge < -0.3 is 16.0 Å². The van der Waals surface area contributed by atoms with Crippen LogP contribution in [0.15, 0.2) is 4.99 Å². The lowest BCUT2D eigenvalue weighted by Gasteiger charge is -2.13. The fraction of sp³-hybridized carbons (Fsp3) is 0.882. The molecule has 0 heterocycles. The number of guanidine groups is 1. The van der Waals surface area contributed by atoms with E-state index >= 15 is 0 Å². The van der Waals surface area contributed by atoms with Crippen molar-refractivity contribution in [1.29, 1.82) is 0 Å². The van der Waals surface area contributed by atoms with Gasteiger partial charge in [0.1, 0.15) is 0 Å². The number of nitrogens with zero attached hydrogens (tertiary/aromatic N) is 1. The molecule has 136 valence electrons. The standard InChI is InChI=1S/C17H34N4O.HI/c1-3-5-8-11-20-17(18-4-2)21-13-12-19-16(22)14-15-9-6-7-10-15;/h15H,3-14H2,1-2H3,(H,19,22)(H2,18,20,21);1H. The molecule has 1 aliphatic carbocycles. The third-order valence-corrected chi connectivity index (χ3v) is 4.06. The van der Waals surface area contributed by atoms with Gasteiger partial charge in [-0.2, -0.15) is 0 Å². The van der Waals surface area contributed by atoms with Crippen molar-refractivity contribution in [3.05, 3.63) is 0 Å². The average Bonchev–Trinajstić information content (AvgIpc) is 3.00. The Morgan fingerprint density at radius 2 is 1.74 bits per heavy atom. The molecular formula is C17H35IN4O. The first-order chi connectivity index (χ1) is 10.8. The van der Waals surface area contributed by atoms with Gasteiger partial charge in [0.2, 0.25) is 5.91 Å².